The molecule has 1 aliphatic heterocycles. The Hall–Kier alpha value is -2.30. The summed E-state index contributed by atoms with van der Waals surface area (Å²) in [6.07, 6.45) is 0. The molecule has 0 bridgehead atoms. The van der Waals surface area contributed by atoms with Crippen molar-refractivity contribution in [3.8, 4) is 0 Å². The predicted molar refractivity (Wildman–Crippen MR) is 115 cm³/mol. The topological polar surface area (TPSA) is 25.5 Å². The molecule has 2 heterocycles. The SMILES string of the molecule is Cc1[nH]c2ccccc2c1[C@@H](c1ccc(N(C)C)cc1)N1CCN(C)CC1. The van der Waals surface area contributed by atoms with Crippen molar-refractivity contribution in [2.45, 2.75) is 13.0 Å². The molecule has 1 fully saturated rings. The molecule has 0 saturated carbocycles. The molecule has 2 aromatic carbocycles. The van der Waals surface area contributed by atoms with Gasteiger partial charge in [0.2, 0.25) is 0 Å². The third-order valence-electron chi connectivity index (χ3n) is 5.85. The highest BCUT2D eigenvalue weighted by Gasteiger charge is 2.28. The maximum absolute atomic E-state index is 3.61. The fraction of sp³-hybridized carbons (Fsp3) is 0.391. The number of anilines is 1. The Morgan fingerprint density at radius 2 is 1.59 bits per heavy atom. The van der Waals surface area contributed by atoms with E-state index in [1.165, 1.54) is 33.4 Å². The summed E-state index contributed by atoms with van der Waals surface area (Å²) < 4.78 is 0. The lowest BCUT2D eigenvalue weighted by molar-refractivity contribution is 0.127. The molecule has 142 valence electrons. The minimum absolute atomic E-state index is 0.283. The molecule has 1 atom stereocenters. The molecule has 1 N–H and O–H groups in total. The lowest BCUT2D eigenvalue weighted by atomic mass is 9.93. The van der Waals surface area contributed by atoms with E-state index in [0.29, 0.717) is 0 Å². The Bertz CT molecular complexity index is 902. The number of para-hydroxylation sites is 1. The van der Waals surface area contributed by atoms with Gasteiger partial charge in [0.1, 0.15) is 0 Å². The van der Waals surface area contributed by atoms with Gasteiger partial charge in [0, 0.05) is 68.1 Å². The van der Waals surface area contributed by atoms with E-state index >= 15 is 0 Å². The van der Waals surface area contributed by atoms with Crippen LogP contribution < -0.4 is 4.90 Å². The quantitative estimate of drug-likeness (QED) is 0.763. The third-order valence-corrected chi connectivity index (χ3v) is 5.85. The fourth-order valence-electron chi connectivity index (χ4n) is 4.25. The van der Waals surface area contributed by atoms with Crippen molar-refractivity contribution in [1.82, 2.24) is 14.8 Å². The highest BCUT2D eigenvalue weighted by molar-refractivity contribution is 5.85. The summed E-state index contributed by atoms with van der Waals surface area (Å²) in [5, 5.41) is 1.34. The van der Waals surface area contributed by atoms with Crippen molar-refractivity contribution in [2.75, 3.05) is 52.2 Å². The van der Waals surface area contributed by atoms with Crippen LogP contribution in [0.5, 0.6) is 0 Å². The Balaban J connectivity index is 1.81. The van der Waals surface area contributed by atoms with Crippen LogP contribution in [0.15, 0.2) is 48.5 Å². The van der Waals surface area contributed by atoms with E-state index in [0.717, 1.165) is 26.2 Å². The summed E-state index contributed by atoms with van der Waals surface area (Å²) in [4.78, 5) is 10.8. The van der Waals surface area contributed by atoms with Gasteiger partial charge >= 0.3 is 0 Å². The van der Waals surface area contributed by atoms with E-state index in [9.17, 15) is 0 Å². The lowest BCUT2D eigenvalue weighted by Gasteiger charge is -2.38. The fourth-order valence-corrected chi connectivity index (χ4v) is 4.25. The molecule has 4 nitrogen and oxygen atoms in total. The molecule has 1 aromatic heterocycles. The molecular weight excluding hydrogens is 332 g/mol. The molecular formula is C23H30N4. The van der Waals surface area contributed by atoms with Gasteiger partial charge in [-0.1, -0.05) is 30.3 Å². The first-order valence-corrected chi connectivity index (χ1v) is 9.81. The van der Waals surface area contributed by atoms with E-state index in [2.05, 4.69) is 96.3 Å². The van der Waals surface area contributed by atoms with Crippen LogP contribution in [0.4, 0.5) is 5.69 Å². The van der Waals surface area contributed by atoms with E-state index in [1.54, 1.807) is 0 Å². The number of aryl methyl sites for hydroxylation is 1. The summed E-state index contributed by atoms with van der Waals surface area (Å²) in [5.74, 6) is 0. The number of fused-ring (bicyclic) bond motifs is 1. The number of hydrogen-bond acceptors (Lipinski definition) is 3. The summed E-state index contributed by atoms with van der Waals surface area (Å²) in [7, 11) is 6.41. The second-order valence-electron chi connectivity index (χ2n) is 7.94. The van der Waals surface area contributed by atoms with Crippen molar-refractivity contribution >= 4 is 16.6 Å². The van der Waals surface area contributed by atoms with Crippen LogP contribution in [0.1, 0.15) is 22.9 Å². The molecule has 27 heavy (non-hydrogen) atoms. The van der Waals surface area contributed by atoms with E-state index in [4.69, 9.17) is 0 Å². The second-order valence-corrected chi connectivity index (χ2v) is 7.94. The van der Waals surface area contributed by atoms with E-state index in [-0.39, 0.29) is 6.04 Å². The Morgan fingerprint density at radius 3 is 2.26 bits per heavy atom. The summed E-state index contributed by atoms with van der Waals surface area (Å²) in [5.41, 5.74) is 6.54. The Kier molecular flexibility index (Phi) is 4.94. The molecule has 0 amide bonds. The highest BCUT2D eigenvalue weighted by atomic mass is 15.3. The van der Waals surface area contributed by atoms with Gasteiger partial charge in [-0.15, -0.1) is 0 Å². The normalized spacial score (nSPS) is 17.3. The molecule has 0 spiro atoms. The van der Waals surface area contributed by atoms with Crippen molar-refractivity contribution in [3.63, 3.8) is 0 Å². The van der Waals surface area contributed by atoms with Gasteiger partial charge in [0.05, 0.1) is 6.04 Å². The van der Waals surface area contributed by atoms with Crippen LogP contribution in [-0.4, -0.2) is 62.1 Å². The van der Waals surface area contributed by atoms with Crippen molar-refractivity contribution in [3.05, 3.63) is 65.4 Å². The first kappa shape index (κ1) is 18.1. The van der Waals surface area contributed by atoms with Crippen molar-refractivity contribution < 1.29 is 0 Å². The first-order valence-electron chi connectivity index (χ1n) is 9.81. The second kappa shape index (κ2) is 7.37. The minimum Gasteiger partial charge on any atom is -0.378 e. The number of H-pyrrole nitrogens is 1. The number of hydrogen-bond donors (Lipinski definition) is 1. The van der Waals surface area contributed by atoms with Gasteiger partial charge in [-0.25, -0.2) is 0 Å². The molecule has 0 radical (unpaired) electrons. The van der Waals surface area contributed by atoms with Crippen LogP contribution >= 0.6 is 0 Å². The summed E-state index contributed by atoms with van der Waals surface area (Å²) >= 11 is 0. The zero-order valence-electron chi connectivity index (χ0n) is 16.9. The number of nitrogens with one attached hydrogen (secondary N) is 1. The van der Waals surface area contributed by atoms with Gasteiger partial charge in [-0.3, -0.25) is 4.90 Å². The van der Waals surface area contributed by atoms with Crippen LogP contribution in [0.3, 0.4) is 0 Å². The van der Waals surface area contributed by atoms with Gasteiger partial charge in [0.15, 0.2) is 0 Å². The standard InChI is InChI=1S/C23H30N4/c1-17-22(20-7-5-6-8-21(20)24-17)23(27-15-13-26(4)14-16-27)18-9-11-19(12-10-18)25(2)3/h5-12,23-24H,13-16H2,1-4H3/t23-/m1/s1. The maximum Gasteiger partial charge on any atom is 0.0626 e. The first-order chi connectivity index (χ1) is 13.0. The molecule has 1 saturated heterocycles. The van der Waals surface area contributed by atoms with Crippen LogP contribution in [-0.2, 0) is 0 Å². The monoisotopic (exact) mass is 362 g/mol. The third kappa shape index (κ3) is 3.47. The van der Waals surface area contributed by atoms with Gasteiger partial charge < -0.3 is 14.8 Å². The molecule has 0 aliphatic carbocycles. The van der Waals surface area contributed by atoms with Crippen molar-refractivity contribution in [2.24, 2.45) is 0 Å². The number of piperazine rings is 1. The number of benzene rings is 2. The zero-order valence-corrected chi connectivity index (χ0v) is 16.9. The number of likely N-dealkylation sites (N-methyl/N-ethyl adjacent to an activating group) is 1. The average molecular weight is 363 g/mol. The van der Waals surface area contributed by atoms with E-state index < -0.39 is 0 Å². The molecule has 0 unspecified atom stereocenters. The van der Waals surface area contributed by atoms with Crippen molar-refractivity contribution in [1.29, 1.82) is 0 Å². The molecule has 4 rings (SSSR count). The number of nitrogens with zero attached hydrogens (tertiary/aromatic N) is 3. The number of aromatic amines is 1. The van der Waals surface area contributed by atoms with Crippen LogP contribution in [0.25, 0.3) is 10.9 Å². The number of rotatable bonds is 4. The smallest absolute Gasteiger partial charge is 0.0626 e. The van der Waals surface area contributed by atoms with Gasteiger partial charge in [-0.2, -0.15) is 0 Å². The van der Waals surface area contributed by atoms with Crippen LogP contribution in [0, 0.1) is 6.92 Å². The average Bonchev–Trinajstić information content (AvgIpc) is 3.00. The lowest BCUT2D eigenvalue weighted by Crippen LogP contribution is -2.46. The largest absolute Gasteiger partial charge is 0.378 e. The highest BCUT2D eigenvalue weighted by Crippen LogP contribution is 2.37. The minimum atomic E-state index is 0.283. The number of aromatic nitrogens is 1. The zero-order chi connectivity index (χ0) is 19.0. The Labute approximate surface area is 162 Å². The van der Waals surface area contributed by atoms with Crippen LogP contribution in [0.2, 0.25) is 0 Å². The molecule has 1 aliphatic rings. The summed E-state index contributed by atoms with van der Waals surface area (Å²) in [6, 6.07) is 18.1. The molecule has 3 aromatic rings. The Morgan fingerprint density at radius 1 is 0.926 bits per heavy atom. The summed E-state index contributed by atoms with van der Waals surface area (Å²) in [6.45, 7) is 6.64. The predicted octanol–water partition coefficient (Wildman–Crippen LogP) is 3.88. The molecule has 4 heteroatoms. The maximum atomic E-state index is 3.61. The van der Waals surface area contributed by atoms with E-state index in [1.807, 2.05) is 0 Å². The van der Waals surface area contributed by atoms with Gasteiger partial charge in [0.25, 0.3) is 0 Å². The van der Waals surface area contributed by atoms with Gasteiger partial charge in [-0.05, 0) is 37.7 Å².